The molecule has 0 spiro atoms. The number of alkyl carbamates (subject to hydrolysis) is 1. The van der Waals surface area contributed by atoms with E-state index < -0.39 is 18.3 Å². The van der Waals surface area contributed by atoms with Crippen LogP contribution in [0.1, 0.15) is 34.3 Å². The van der Waals surface area contributed by atoms with E-state index >= 15 is 0 Å². The van der Waals surface area contributed by atoms with E-state index in [1.54, 1.807) is 24.3 Å². The Hall–Kier alpha value is -2.86. The molecule has 1 aliphatic rings. The summed E-state index contributed by atoms with van der Waals surface area (Å²) < 4.78 is 5.45. The van der Waals surface area contributed by atoms with Gasteiger partial charge in [-0.1, -0.05) is 72.8 Å². The second-order valence-electron chi connectivity index (χ2n) is 7.59. The van der Waals surface area contributed by atoms with E-state index in [1.165, 1.54) is 0 Å². The minimum Gasteiger partial charge on any atom is -0.449 e. The number of benzene rings is 3. The summed E-state index contributed by atoms with van der Waals surface area (Å²) >= 11 is 5.77. The first-order valence-corrected chi connectivity index (χ1v) is 10.7. The van der Waals surface area contributed by atoms with E-state index in [2.05, 4.69) is 29.6 Å². The molecule has 3 N–H and O–H groups in total. The normalized spacial score (nSPS) is 14.4. The van der Waals surface area contributed by atoms with Crippen molar-refractivity contribution in [2.24, 2.45) is 0 Å². The van der Waals surface area contributed by atoms with Crippen molar-refractivity contribution in [3.8, 4) is 11.1 Å². The summed E-state index contributed by atoms with van der Waals surface area (Å²) in [5, 5.41) is 23.1. The van der Waals surface area contributed by atoms with E-state index in [1.807, 2.05) is 24.3 Å². The third-order valence-electron chi connectivity index (χ3n) is 5.64. The number of halogens is 1. The molecule has 2 unspecified atom stereocenters. The first-order chi connectivity index (χ1) is 15.1. The Morgan fingerprint density at radius 2 is 1.52 bits per heavy atom. The smallest absolute Gasteiger partial charge is 0.407 e. The van der Waals surface area contributed by atoms with Crippen molar-refractivity contribution in [1.29, 1.82) is 0 Å². The molecule has 0 aromatic heterocycles. The van der Waals surface area contributed by atoms with E-state index in [0.29, 0.717) is 11.4 Å². The van der Waals surface area contributed by atoms with Crippen molar-refractivity contribution < 1.29 is 19.7 Å². The van der Waals surface area contributed by atoms with Gasteiger partial charge in [0.2, 0.25) is 0 Å². The van der Waals surface area contributed by atoms with Gasteiger partial charge in [0, 0.05) is 18.3 Å². The van der Waals surface area contributed by atoms with Gasteiger partial charge >= 0.3 is 6.09 Å². The average molecular weight is 438 g/mol. The van der Waals surface area contributed by atoms with E-state index in [4.69, 9.17) is 16.3 Å². The zero-order valence-electron chi connectivity index (χ0n) is 16.9. The van der Waals surface area contributed by atoms with Crippen LogP contribution in [0.5, 0.6) is 0 Å². The second kappa shape index (κ2) is 9.52. The molecule has 3 aromatic rings. The van der Waals surface area contributed by atoms with Crippen molar-refractivity contribution in [2.75, 3.05) is 13.2 Å². The summed E-state index contributed by atoms with van der Waals surface area (Å²) in [6, 6.07) is 23.2. The van der Waals surface area contributed by atoms with Crippen LogP contribution >= 0.6 is 11.6 Å². The van der Waals surface area contributed by atoms with Crippen LogP contribution in [0.2, 0.25) is 0 Å². The number of aliphatic hydroxyl groups is 2. The largest absolute Gasteiger partial charge is 0.449 e. The first-order valence-electron chi connectivity index (χ1n) is 10.2. The Balaban J connectivity index is 1.32. The molecule has 31 heavy (non-hydrogen) atoms. The Bertz CT molecular complexity index is 1010. The number of fused-ring (bicyclic) bond motifs is 3. The molecule has 0 aliphatic heterocycles. The quantitative estimate of drug-likeness (QED) is 0.480. The Morgan fingerprint density at radius 3 is 2.10 bits per heavy atom. The molecule has 0 saturated heterocycles. The summed E-state index contributed by atoms with van der Waals surface area (Å²) in [4.78, 5) is 12.2. The predicted octanol–water partition coefficient (Wildman–Crippen LogP) is 4.36. The molecule has 0 saturated carbocycles. The number of rotatable bonds is 7. The zero-order chi connectivity index (χ0) is 21.8. The van der Waals surface area contributed by atoms with Gasteiger partial charge in [0.25, 0.3) is 0 Å². The van der Waals surface area contributed by atoms with Crippen LogP contribution in [0.4, 0.5) is 4.79 Å². The molecule has 1 aliphatic carbocycles. The molecule has 2 atom stereocenters. The van der Waals surface area contributed by atoms with Crippen LogP contribution < -0.4 is 5.32 Å². The van der Waals surface area contributed by atoms with Crippen molar-refractivity contribution in [1.82, 2.24) is 5.32 Å². The summed E-state index contributed by atoms with van der Waals surface area (Å²) in [5.74, 6) is 0.344. The van der Waals surface area contributed by atoms with Crippen LogP contribution in [0, 0.1) is 0 Å². The number of aliphatic hydroxyl groups excluding tert-OH is 2. The van der Waals surface area contributed by atoms with Gasteiger partial charge in [-0.05, 0) is 33.4 Å². The number of hydrogen-bond acceptors (Lipinski definition) is 4. The number of hydrogen-bond donors (Lipinski definition) is 3. The lowest BCUT2D eigenvalue weighted by molar-refractivity contribution is 0.0185. The fourth-order valence-corrected chi connectivity index (χ4v) is 4.15. The highest BCUT2D eigenvalue weighted by Crippen LogP contribution is 2.44. The van der Waals surface area contributed by atoms with E-state index in [0.717, 1.165) is 27.8 Å². The lowest BCUT2D eigenvalue weighted by Crippen LogP contribution is -2.36. The maximum Gasteiger partial charge on any atom is 0.407 e. The fraction of sp³-hybridized carbons (Fsp3) is 0.240. The van der Waals surface area contributed by atoms with Crippen molar-refractivity contribution in [2.45, 2.75) is 24.0 Å². The predicted molar refractivity (Wildman–Crippen MR) is 120 cm³/mol. The van der Waals surface area contributed by atoms with Crippen molar-refractivity contribution >= 4 is 17.7 Å². The molecule has 4 rings (SSSR count). The lowest BCUT2D eigenvalue weighted by Gasteiger charge is -2.19. The number of nitrogens with one attached hydrogen (secondary N) is 1. The van der Waals surface area contributed by atoms with E-state index in [-0.39, 0.29) is 19.1 Å². The first kappa shape index (κ1) is 21.4. The summed E-state index contributed by atoms with van der Waals surface area (Å²) in [7, 11) is 0. The SMILES string of the molecule is O=C(NCC(O)C(O)c1ccc(CCl)cc1)OCC1c2ccccc2-c2ccccc21. The Kier molecular flexibility index (Phi) is 6.56. The highest BCUT2D eigenvalue weighted by Gasteiger charge is 2.29. The Labute approximate surface area is 186 Å². The van der Waals surface area contributed by atoms with Gasteiger partial charge in [-0.2, -0.15) is 0 Å². The highest BCUT2D eigenvalue weighted by atomic mass is 35.5. The highest BCUT2D eigenvalue weighted by molar-refractivity contribution is 6.17. The number of carbonyl (C=O) groups is 1. The lowest BCUT2D eigenvalue weighted by atomic mass is 9.98. The van der Waals surface area contributed by atoms with Gasteiger partial charge in [-0.15, -0.1) is 11.6 Å². The van der Waals surface area contributed by atoms with E-state index in [9.17, 15) is 15.0 Å². The van der Waals surface area contributed by atoms with Gasteiger partial charge in [0.15, 0.2) is 0 Å². The minimum absolute atomic E-state index is 0.0332. The maximum absolute atomic E-state index is 12.2. The van der Waals surface area contributed by atoms with Crippen LogP contribution in [-0.2, 0) is 10.6 Å². The maximum atomic E-state index is 12.2. The van der Waals surface area contributed by atoms with Gasteiger partial charge in [-0.25, -0.2) is 4.79 Å². The summed E-state index contributed by atoms with van der Waals surface area (Å²) in [5.41, 5.74) is 6.05. The topological polar surface area (TPSA) is 78.8 Å². The molecule has 6 heteroatoms. The zero-order valence-corrected chi connectivity index (χ0v) is 17.6. The molecule has 1 amide bonds. The number of alkyl halides is 1. The van der Waals surface area contributed by atoms with Gasteiger partial charge in [-0.3, -0.25) is 0 Å². The molecule has 3 aromatic carbocycles. The summed E-state index contributed by atoms with van der Waals surface area (Å²) in [6.45, 7) is 0.0630. The molecule has 0 heterocycles. The Morgan fingerprint density at radius 1 is 0.935 bits per heavy atom. The molecule has 5 nitrogen and oxygen atoms in total. The summed E-state index contributed by atoms with van der Waals surface area (Å²) in [6.07, 6.45) is -2.92. The van der Waals surface area contributed by atoms with Gasteiger partial charge < -0.3 is 20.3 Å². The third-order valence-corrected chi connectivity index (χ3v) is 5.95. The van der Waals surface area contributed by atoms with Crippen molar-refractivity contribution in [3.05, 3.63) is 95.1 Å². The van der Waals surface area contributed by atoms with Crippen LogP contribution in [0.25, 0.3) is 11.1 Å². The standard InChI is InChI=1S/C25H24ClNO4/c26-13-16-9-11-17(12-10-16)24(29)23(28)14-27-25(30)31-15-22-20-7-3-1-5-18(20)19-6-2-4-8-21(19)22/h1-12,22-24,28-29H,13-15H2,(H,27,30). The average Bonchev–Trinajstić information content (AvgIpc) is 3.14. The number of carbonyl (C=O) groups excluding carboxylic acids is 1. The molecule has 0 radical (unpaired) electrons. The minimum atomic E-state index is -1.16. The molecule has 160 valence electrons. The monoisotopic (exact) mass is 437 g/mol. The molecular formula is C25H24ClNO4. The fourth-order valence-electron chi connectivity index (χ4n) is 3.98. The van der Waals surface area contributed by atoms with Crippen molar-refractivity contribution in [3.63, 3.8) is 0 Å². The van der Waals surface area contributed by atoms with Crippen LogP contribution in [-0.4, -0.2) is 35.6 Å². The van der Waals surface area contributed by atoms with Crippen LogP contribution in [0.3, 0.4) is 0 Å². The molecular weight excluding hydrogens is 414 g/mol. The number of amides is 1. The van der Waals surface area contributed by atoms with Gasteiger partial charge in [0.05, 0.1) is 0 Å². The molecule has 0 bridgehead atoms. The second-order valence-corrected chi connectivity index (χ2v) is 7.86. The number of ether oxygens (including phenoxy) is 1. The molecule has 0 fully saturated rings. The van der Waals surface area contributed by atoms with Gasteiger partial charge in [0.1, 0.15) is 18.8 Å². The third kappa shape index (κ3) is 4.59. The van der Waals surface area contributed by atoms with Crippen LogP contribution in [0.15, 0.2) is 72.8 Å².